The molecule has 2 rings (SSSR count). The first kappa shape index (κ1) is 13.4. The van der Waals surface area contributed by atoms with Crippen molar-refractivity contribution in [2.24, 2.45) is 5.92 Å². The fourth-order valence-electron chi connectivity index (χ4n) is 2.33. The molecule has 0 bridgehead atoms. The number of ether oxygens (including phenoxy) is 1. The average Bonchev–Trinajstić information content (AvgIpc) is 2.45. The highest BCUT2D eigenvalue weighted by molar-refractivity contribution is 5.78. The van der Waals surface area contributed by atoms with Crippen LogP contribution >= 0.6 is 0 Å². The Labute approximate surface area is 113 Å². The number of likely N-dealkylation sites (tertiary alicyclic amines) is 1. The number of carbonyl (C=O) groups is 1. The Morgan fingerprint density at radius 2 is 2.32 bits per heavy atom. The summed E-state index contributed by atoms with van der Waals surface area (Å²) in [5.41, 5.74) is 0.460. The minimum Gasteiger partial charge on any atom is -0.482 e. The van der Waals surface area contributed by atoms with Gasteiger partial charge in [-0.25, -0.2) is 0 Å². The minimum absolute atomic E-state index is 0.000655. The van der Waals surface area contributed by atoms with Crippen LogP contribution in [0.3, 0.4) is 0 Å². The molecule has 1 saturated heterocycles. The summed E-state index contributed by atoms with van der Waals surface area (Å²) in [6.07, 6.45) is 2.24. The summed E-state index contributed by atoms with van der Waals surface area (Å²) in [5, 5.41) is 8.94. The van der Waals surface area contributed by atoms with E-state index in [0.29, 0.717) is 17.2 Å². The van der Waals surface area contributed by atoms with E-state index in [-0.39, 0.29) is 12.5 Å². The average molecular weight is 258 g/mol. The molecule has 0 saturated carbocycles. The van der Waals surface area contributed by atoms with Crippen molar-refractivity contribution in [3.05, 3.63) is 29.8 Å². The molecule has 0 aliphatic carbocycles. The largest absolute Gasteiger partial charge is 0.482 e. The summed E-state index contributed by atoms with van der Waals surface area (Å²) >= 11 is 0. The quantitative estimate of drug-likeness (QED) is 0.835. The van der Waals surface area contributed by atoms with Crippen molar-refractivity contribution < 1.29 is 9.53 Å². The second-order valence-corrected chi connectivity index (χ2v) is 4.98. The number of nitriles is 1. The second-order valence-electron chi connectivity index (χ2n) is 4.98. The number of nitrogens with zero attached hydrogens (tertiary/aromatic N) is 2. The Morgan fingerprint density at radius 1 is 1.53 bits per heavy atom. The monoisotopic (exact) mass is 258 g/mol. The Kier molecular flexibility index (Phi) is 4.40. The highest BCUT2D eigenvalue weighted by Crippen LogP contribution is 2.18. The molecular weight excluding hydrogens is 240 g/mol. The predicted octanol–water partition coefficient (Wildman–Crippen LogP) is 2.20. The van der Waals surface area contributed by atoms with Gasteiger partial charge in [-0.1, -0.05) is 19.1 Å². The van der Waals surface area contributed by atoms with Gasteiger partial charge in [-0.15, -0.1) is 0 Å². The zero-order chi connectivity index (χ0) is 13.7. The number of piperidine rings is 1. The van der Waals surface area contributed by atoms with Crippen LogP contribution in [0.2, 0.25) is 0 Å². The molecule has 1 amide bonds. The van der Waals surface area contributed by atoms with Crippen molar-refractivity contribution in [1.29, 1.82) is 5.26 Å². The maximum Gasteiger partial charge on any atom is 0.260 e. The minimum atomic E-state index is -0.000655. The molecule has 1 aliphatic heterocycles. The third kappa shape index (κ3) is 3.47. The zero-order valence-electron chi connectivity index (χ0n) is 11.1. The number of para-hydroxylation sites is 1. The third-order valence-electron chi connectivity index (χ3n) is 3.37. The molecule has 1 fully saturated rings. The normalized spacial score (nSPS) is 18.7. The smallest absolute Gasteiger partial charge is 0.260 e. The molecular formula is C15H18N2O2. The van der Waals surface area contributed by atoms with Crippen molar-refractivity contribution in [2.45, 2.75) is 19.8 Å². The zero-order valence-corrected chi connectivity index (χ0v) is 11.1. The first-order valence-electron chi connectivity index (χ1n) is 6.60. The van der Waals surface area contributed by atoms with Gasteiger partial charge < -0.3 is 9.64 Å². The van der Waals surface area contributed by atoms with Crippen LogP contribution in [0, 0.1) is 17.2 Å². The Balaban J connectivity index is 1.91. The maximum atomic E-state index is 12.0. The van der Waals surface area contributed by atoms with Crippen LogP contribution in [0.5, 0.6) is 5.75 Å². The molecule has 1 heterocycles. The van der Waals surface area contributed by atoms with E-state index >= 15 is 0 Å². The third-order valence-corrected chi connectivity index (χ3v) is 3.37. The van der Waals surface area contributed by atoms with E-state index in [4.69, 9.17) is 10.00 Å². The maximum absolute atomic E-state index is 12.0. The van der Waals surface area contributed by atoms with E-state index in [1.54, 1.807) is 24.3 Å². The molecule has 1 aromatic rings. The van der Waals surface area contributed by atoms with Gasteiger partial charge in [0.25, 0.3) is 5.91 Å². The van der Waals surface area contributed by atoms with Crippen molar-refractivity contribution in [3.63, 3.8) is 0 Å². The SMILES string of the molecule is C[C@H]1CCCN(C(=O)COc2ccccc2C#N)C1. The van der Waals surface area contributed by atoms with Gasteiger partial charge in [0.15, 0.2) is 6.61 Å². The van der Waals surface area contributed by atoms with E-state index in [1.807, 2.05) is 4.90 Å². The number of hydrogen-bond donors (Lipinski definition) is 0. The molecule has 0 aromatic heterocycles. The van der Waals surface area contributed by atoms with Crippen LogP contribution in [0.25, 0.3) is 0 Å². The van der Waals surface area contributed by atoms with E-state index in [9.17, 15) is 4.79 Å². The van der Waals surface area contributed by atoms with Gasteiger partial charge in [0.1, 0.15) is 11.8 Å². The Morgan fingerprint density at radius 3 is 3.05 bits per heavy atom. The fraction of sp³-hybridized carbons (Fsp3) is 0.467. The molecule has 1 aliphatic rings. The molecule has 4 heteroatoms. The van der Waals surface area contributed by atoms with Crippen molar-refractivity contribution >= 4 is 5.91 Å². The Bertz CT molecular complexity index is 493. The molecule has 0 spiro atoms. The van der Waals surface area contributed by atoms with Gasteiger partial charge in [-0.2, -0.15) is 5.26 Å². The van der Waals surface area contributed by atoms with E-state index < -0.39 is 0 Å². The van der Waals surface area contributed by atoms with Crippen LogP contribution in [0.4, 0.5) is 0 Å². The van der Waals surface area contributed by atoms with Gasteiger partial charge in [-0.3, -0.25) is 4.79 Å². The topological polar surface area (TPSA) is 53.3 Å². The number of benzene rings is 1. The highest BCUT2D eigenvalue weighted by atomic mass is 16.5. The lowest BCUT2D eigenvalue weighted by Gasteiger charge is -2.30. The first-order valence-corrected chi connectivity index (χ1v) is 6.60. The first-order chi connectivity index (χ1) is 9.20. The Hall–Kier alpha value is -2.02. The molecule has 0 radical (unpaired) electrons. The lowest BCUT2D eigenvalue weighted by Crippen LogP contribution is -2.41. The molecule has 0 N–H and O–H groups in total. The summed E-state index contributed by atoms with van der Waals surface area (Å²) in [6.45, 7) is 3.78. The molecule has 0 unspecified atom stereocenters. The van der Waals surface area contributed by atoms with Crippen LogP contribution < -0.4 is 4.74 Å². The lowest BCUT2D eigenvalue weighted by atomic mass is 10.0. The van der Waals surface area contributed by atoms with Crippen LogP contribution in [-0.2, 0) is 4.79 Å². The van der Waals surface area contributed by atoms with Crippen molar-refractivity contribution in [1.82, 2.24) is 4.90 Å². The van der Waals surface area contributed by atoms with Gasteiger partial charge in [0.2, 0.25) is 0 Å². The van der Waals surface area contributed by atoms with Crippen LogP contribution in [0.15, 0.2) is 24.3 Å². The van der Waals surface area contributed by atoms with Crippen LogP contribution in [0.1, 0.15) is 25.3 Å². The molecule has 100 valence electrons. The van der Waals surface area contributed by atoms with Crippen molar-refractivity contribution in [3.8, 4) is 11.8 Å². The molecule has 19 heavy (non-hydrogen) atoms. The summed E-state index contributed by atoms with van der Waals surface area (Å²) < 4.78 is 5.46. The van der Waals surface area contributed by atoms with Gasteiger partial charge >= 0.3 is 0 Å². The molecule has 1 atom stereocenters. The number of hydrogen-bond acceptors (Lipinski definition) is 3. The van der Waals surface area contributed by atoms with Gasteiger partial charge in [0, 0.05) is 13.1 Å². The summed E-state index contributed by atoms with van der Waals surface area (Å²) in [4.78, 5) is 13.9. The lowest BCUT2D eigenvalue weighted by molar-refractivity contribution is -0.135. The molecule has 4 nitrogen and oxygen atoms in total. The van der Waals surface area contributed by atoms with Crippen molar-refractivity contribution in [2.75, 3.05) is 19.7 Å². The molecule has 1 aromatic carbocycles. The van der Waals surface area contributed by atoms with E-state index in [2.05, 4.69) is 13.0 Å². The van der Waals surface area contributed by atoms with E-state index in [1.165, 1.54) is 6.42 Å². The number of rotatable bonds is 3. The van der Waals surface area contributed by atoms with Gasteiger partial charge in [-0.05, 0) is 30.9 Å². The second kappa shape index (κ2) is 6.24. The standard InChI is InChI=1S/C15H18N2O2/c1-12-5-4-8-17(10-12)15(18)11-19-14-7-3-2-6-13(14)9-16/h2-3,6-7,12H,4-5,8,10-11H2,1H3/t12-/m0/s1. The highest BCUT2D eigenvalue weighted by Gasteiger charge is 2.21. The number of carbonyl (C=O) groups excluding carboxylic acids is 1. The van der Waals surface area contributed by atoms with Crippen LogP contribution in [-0.4, -0.2) is 30.5 Å². The summed E-state index contributed by atoms with van der Waals surface area (Å²) in [6, 6.07) is 9.02. The number of amides is 1. The predicted molar refractivity (Wildman–Crippen MR) is 71.6 cm³/mol. The summed E-state index contributed by atoms with van der Waals surface area (Å²) in [5.74, 6) is 1.03. The van der Waals surface area contributed by atoms with E-state index in [0.717, 1.165) is 19.5 Å². The van der Waals surface area contributed by atoms with Gasteiger partial charge in [0.05, 0.1) is 5.56 Å². The summed E-state index contributed by atoms with van der Waals surface area (Å²) in [7, 11) is 0. The fourth-order valence-corrected chi connectivity index (χ4v) is 2.33.